The number of benzene rings is 1. The van der Waals surface area contributed by atoms with Crippen LogP contribution >= 0.6 is 0 Å². The number of ether oxygens (including phenoxy) is 1. The molecule has 0 saturated heterocycles. The Morgan fingerprint density at radius 1 is 1.05 bits per heavy atom. The van der Waals surface area contributed by atoms with E-state index in [1.165, 1.54) is 24.8 Å². The Bertz CT molecular complexity index is 356. The zero-order valence-electron chi connectivity index (χ0n) is 13.8. The van der Waals surface area contributed by atoms with Crippen LogP contribution in [0.4, 0.5) is 0 Å². The largest absolute Gasteiger partial charge is 0.489 e. The molecule has 0 amide bonds. The molecule has 1 rings (SSSR count). The van der Waals surface area contributed by atoms with Crippen LogP contribution in [0.5, 0.6) is 5.75 Å². The van der Waals surface area contributed by atoms with Gasteiger partial charge in [-0.15, -0.1) is 0 Å². The monoisotopic (exact) mass is 277 g/mol. The summed E-state index contributed by atoms with van der Waals surface area (Å²) in [7, 11) is 0. The molecular formula is C18H31NO. The lowest BCUT2D eigenvalue weighted by atomic mass is 10.1. The van der Waals surface area contributed by atoms with Gasteiger partial charge in [0.1, 0.15) is 11.9 Å². The molecule has 20 heavy (non-hydrogen) atoms. The molecule has 0 aliphatic rings. The van der Waals surface area contributed by atoms with Crippen molar-refractivity contribution < 1.29 is 4.74 Å². The minimum Gasteiger partial charge on any atom is -0.489 e. The normalized spacial score (nSPS) is 12.9. The van der Waals surface area contributed by atoms with Crippen LogP contribution in [0.3, 0.4) is 0 Å². The van der Waals surface area contributed by atoms with Crippen molar-refractivity contribution in [2.24, 2.45) is 5.92 Å². The Balaban J connectivity index is 2.55. The van der Waals surface area contributed by atoms with Gasteiger partial charge in [0.05, 0.1) is 0 Å². The molecule has 0 aromatic heterocycles. The first-order chi connectivity index (χ1) is 9.52. The zero-order chi connectivity index (χ0) is 15.0. The molecule has 1 unspecified atom stereocenters. The smallest absolute Gasteiger partial charge is 0.119 e. The maximum Gasteiger partial charge on any atom is 0.119 e. The van der Waals surface area contributed by atoms with Gasteiger partial charge in [0.25, 0.3) is 0 Å². The summed E-state index contributed by atoms with van der Waals surface area (Å²) in [6, 6.07) is 9.10. The minimum absolute atomic E-state index is 0.221. The van der Waals surface area contributed by atoms with Crippen LogP contribution in [0.25, 0.3) is 0 Å². The zero-order valence-corrected chi connectivity index (χ0v) is 13.8. The molecule has 0 bridgehead atoms. The summed E-state index contributed by atoms with van der Waals surface area (Å²) in [5.74, 6) is 1.48. The van der Waals surface area contributed by atoms with Gasteiger partial charge in [0.15, 0.2) is 0 Å². The third kappa shape index (κ3) is 6.42. The van der Waals surface area contributed by atoms with Crippen molar-refractivity contribution in [3.8, 4) is 5.75 Å². The molecule has 0 aliphatic carbocycles. The molecule has 0 spiro atoms. The predicted octanol–water partition coefficient (Wildman–Crippen LogP) is 4.43. The van der Waals surface area contributed by atoms with Crippen LogP contribution in [0.15, 0.2) is 24.3 Å². The Morgan fingerprint density at radius 3 is 2.20 bits per heavy atom. The highest BCUT2D eigenvalue weighted by atomic mass is 16.5. The van der Waals surface area contributed by atoms with Gasteiger partial charge < -0.3 is 10.1 Å². The van der Waals surface area contributed by atoms with E-state index in [1.807, 2.05) is 0 Å². The molecule has 1 aromatic carbocycles. The Hall–Kier alpha value is -1.02. The fourth-order valence-electron chi connectivity index (χ4n) is 2.06. The van der Waals surface area contributed by atoms with E-state index < -0.39 is 0 Å². The van der Waals surface area contributed by atoms with Gasteiger partial charge in [-0.05, 0) is 36.5 Å². The third-order valence-corrected chi connectivity index (χ3v) is 3.50. The molecular weight excluding hydrogens is 246 g/mol. The molecule has 0 fully saturated rings. The first kappa shape index (κ1) is 17.0. The van der Waals surface area contributed by atoms with Crippen molar-refractivity contribution in [2.75, 3.05) is 6.54 Å². The quantitative estimate of drug-likeness (QED) is 0.721. The lowest BCUT2D eigenvalue weighted by Gasteiger charge is -2.24. The van der Waals surface area contributed by atoms with E-state index in [0.717, 1.165) is 12.3 Å². The first-order valence-electron chi connectivity index (χ1n) is 8.02. The molecule has 0 heterocycles. The lowest BCUT2D eigenvalue weighted by molar-refractivity contribution is 0.146. The second kappa shape index (κ2) is 9.02. The van der Waals surface area contributed by atoms with Crippen LogP contribution in [0, 0.1) is 5.92 Å². The van der Waals surface area contributed by atoms with E-state index in [0.29, 0.717) is 12.0 Å². The Labute approximate surface area is 124 Å². The van der Waals surface area contributed by atoms with E-state index in [4.69, 9.17) is 4.74 Å². The second-order valence-corrected chi connectivity index (χ2v) is 6.21. The van der Waals surface area contributed by atoms with Crippen LogP contribution in [-0.4, -0.2) is 18.7 Å². The van der Waals surface area contributed by atoms with Crippen LogP contribution < -0.4 is 10.1 Å². The Morgan fingerprint density at radius 2 is 1.70 bits per heavy atom. The number of nitrogens with one attached hydrogen (secondary N) is 1. The van der Waals surface area contributed by atoms with Gasteiger partial charge in [-0.2, -0.15) is 0 Å². The molecule has 0 radical (unpaired) electrons. The number of hydrogen-bond donors (Lipinski definition) is 1. The summed E-state index contributed by atoms with van der Waals surface area (Å²) in [5, 5.41) is 3.46. The fraction of sp³-hybridized carbons (Fsp3) is 0.667. The van der Waals surface area contributed by atoms with Gasteiger partial charge in [-0.1, -0.05) is 53.2 Å². The van der Waals surface area contributed by atoms with Crippen LogP contribution in [-0.2, 0) is 6.42 Å². The van der Waals surface area contributed by atoms with Gasteiger partial charge in [-0.25, -0.2) is 0 Å². The SMILES string of the molecule is CCCCc1ccc(OC(CNC(C)C)C(C)C)cc1. The summed E-state index contributed by atoms with van der Waals surface area (Å²) < 4.78 is 6.12. The molecule has 114 valence electrons. The second-order valence-electron chi connectivity index (χ2n) is 6.21. The maximum atomic E-state index is 6.12. The lowest BCUT2D eigenvalue weighted by Crippen LogP contribution is -2.38. The number of hydrogen-bond acceptors (Lipinski definition) is 2. The van der Waals surface area contributed by atoms with E-state index in [9.17, 15) is 0 Å². The number of unbranched alkanes of at least 4 members (excludes halogenated alkanes) is 1. The molecule has 0 saturated carbocycles. The van der Waals surface area contributed by atoms with E-state index >= 15 is 0 Å². The van der Waals surface area contributed by atoms with Crippen molar-refractivity contribution in [3.63, 3.8) is 0 Å². The van der Waals surface area contributed by atoms with Crippen molar-refractivity contribution in [1.29, 1.82) is 0 Å². The predicted molar refractivity (Wildman–Crippen MR) is 87.4 cm³/mol. The van der Waals surface area contributed by atoms with Crippen LogP contribution in [0.2, 0.25) is 0 Å². The van der Waals surface area contributed by atoms with Gasteiger partial charge in [0.2, 0.25) is 0 Å². The summed E-state index contributed by atoms with van der Waals surface area (Å²) in [5.41, 5.74) is 1.40. The fourth-order valence-corrected chi connectivity index (χ4v) is 2.06. The summed E-state index contributed by atoms with van der Waals surface area (Å²) in [4.78, 5) is 0. The highest BCUT2D eigenvalue weighted by Gasteiger charge is 2.15. The van der Waals surface area contributed by atoms with Crippen molar-refractivity contribution in [1.82, 2.24) is 5.32 Å². The summed E-state index contributed by atoms with van der Waals surface area (Å²) in [6.07, 6.45) is 3.89. The third-order valence-electron chi connectivity index (χ3n) is 3.50. The highest BCUT2D eigenvalue weighted by Crippen LogP contribution is 2.18. The van der Waals surface area contributed by atoms with Crippen molar-refractivity contribution >= 4 is 0 Å². The highest BCUT2D eigenvalue weighted by molar-refractivity contribution is 5.27. The first-order valence-corrected chi connectivity index (χ1v) is 8.02. The summed E-state index contributed by atoms with van der Waals surface area (Å²) >= 11 is 0. The molecule has 1 N–H and O–H groups in total. The topological polar surface area (TPSA) is 21.3 Å². The summed E-state index contributed by atoms with van der Waals surface area (Å²) in [6.45, 7) is 11.9. The number of rotatable bonds is 9. The molecule has 0 aliphatic heterocycles. The van der Waals surface area contributed by atoms with E-state index in [-0.39, 0.29) is 6.10 Å². The van der Waals surface area contributed by atoms with Gasteiger partial charge in [0, 0.05) is 12.6 Å². The average molecular weight is 277 g/mol. The van der Waals surface area contributed by atoms with Gasteiger partial charge in [-0.3, -0.25) is 0 Å². The van der Waals surface area contributed by atoms with Crippen molar-refractivity contribution in [3.05, 3.63) is 29.8 Å². The molecule has 2 nitrogen and oxygen atoms in total. The Kier molecular flexibility index (Phi) is 7.68. The van der Waals surface area contributed by atoms with Crippen molar-refractivity contribution in [2.45, 2.75) is 66.0 Å². The molecule has 1 atom stereocenters. The van der Waals surface area contributed by atoms with Crippen LogP contribution in [0.1, 0.15) is 53.0 Å². The minimum atomic E-state index is 0.221. The van der Waals surface area contributed by atoms with E-state index in [1.54, 1.807) is 0 Å². The van der Waals surface area contributed by atoms with Gasteiger partial charge >= 0.3 is 0 Å². The standard InChI is InChI=1S/C18H31NO/c1-6-7-8-16-9-11-17(12-10-16)20-18(14(2)3)13-19-15(4)5/h9-12,14-15,18-19H,6-8,13H2,1-5H3. The van der Waals surface area contributed by atoms with E-state index in [2.05, 4.69) is 64.2 Å². The molecule has 1 aromatic rings. The average Bonchev–Trinajstić information content (AvgIpc) is 2.42. The maximum absolute atomic E-state index is 6.12. The molecule has 2 heteroatoms. The number of aryl methyl sites for hydroxylation is 1.